The van der Waals surface area contributed by atoms with Gasteiger partial charge in [0.05, 0.1) is 6.61 Å². The number of hydrogen-bond donors (Lipinski definition) is 2. The third kappa shape index (κ3) is 4.09. The molecule has 20 heavy (non-hydrogen) atoms. The van der Waals surface area contributed by atoms with Crippen LogP contribution in [0.3, 0.4) is 0 Å². The predicted molar refractivity (Wildman–Crippen MR) is 82.4 cm³/mol. The number of benzene rings is 1. The normalized spacial score (nSPS) is 18.8. The van der Waals surface area contributed by atoms with Crippen LogP contribution in [-0.2, 0) is 11.3 Å². The van der Waals surface area contributed by atoms with Gasteiger partial charge in [-0.3, -0.25) is 0 Å². The van der Waals surface area contributed by atoms with Crippen molar-refractivity contribution in [1.82, 2.24) is 5.32 Å². The minimum absolute atomic E-state index is 0.262. The first-order valence-corrected chi connectivity index (χ1v) is 7.46. The molecule has 2 N–H and O–H groups in total. The summed E-state index contributed by atoms with van der Waals surface area (Å²) >= 11 is 6.13. The highest BCUT2D eigenvalue weighted by atomic mass is 35.5. The van der Waals surface area contributed by atoms with Gasteiger partial charge in [-0.05, 0) is 24.1 Å². The number of nitrogens with one attached hydrogen (secondary N) is 1. The van der Waals surface area contributed by atoms with E-state index in [0.29, 0.717) is 12.5 Å². The highest BCUT2D eigenvalue weighted by Crippen LogP contribution is 2.29. The molecule has 1 aliphatic rings. The van der Waals surface area contributed by atoms with Crippen LogP contribution in [0.1, 0.15) is 12.0 Å². The summed E-state index contributed by atoms with van der Waals surface area (Å²) in [5.41, 5.74) is 2.42. The molecule has 0 bridgehead atoms. The summed E-state index contributed by atoms with van der Waals surface area (Å²) in [6, 6.07) is 6.02. The molecule has 1 aromatic carbocycles. The van der Waals surface area contributed by atoms with E-state index in [2.05, 4.69) is 16.3 Å². The van der Waals surface area contributed by atoms with E-state index in [9.17, 15) is 5.11 Å². The van der Waals surface area contributed by atoms with Crippen LogP contribution in [-0.4, -0.2) is 45.1 Å². The molecule has 112 valence electrons. The van der Waals surface area contributed by atoms with Crippen LogP contribution in [0, 0.1) is 5.92 Å². The van der Waals surface area contributed by atoms with Crippen molar-refractivity contribution in [2.24, 2.45) is 5.92 Å². The fraction of sp³-hybridized carbons (Fsp3) is 0.600. The molecule has 1 heterocycles. The van der Waals surface area contributed by atoms with Gasteiger partial charge in [-0.1, -0.05) is 17.7 Å². The lowest BCUT2D eigenvalue weighted by molar-refractivity contribution is 0.199. The van der Waals surface area contributed by atoms with E-state index < -0.39 is 0 Å². The molecule has 0 radical (unpaired) electrons. The maximum absolute atomic E-state index is 9.28. The Labute approximate surface area is 125 Å². The first kappa shape index (κ1) is 15.6. The number of halogens is 1. The topological polar surface area (TPSA) is 44.7 Å². The molecule has 0 saturated carbocycles. The van der Waals surface area contributed by atoms with Crippen LogP contribution < -0.4 is 10.2 Å². The molecule has 0 amide bonds. The van der Waals surface area contributed by atoms with E-state index in [4.69, 9.17) is 16.3 Å². The average molecular weight is 299 g/mol. The van der Waals surface area contributed by atoms with E-state index in [1.165, 1.54) is 11.3 Å². The van der Waals surface area contributed by atoms with Crippen molar-refractivity contribution >= 4 is 17.3 Å². The zero-order valence-corrected chi connectivity index (χ0v) is 12.7. The van der Waals surface area contributed by atoms with Crippen LogP contribution in [0.5, 0.6) is 0 Å². The molecular weight excluding hydrogens is 276 g/mol. The third-order valence-electron chi connectivity index (χ3n) is 3.73. The quantitative estimate of drug-likeness (QED) is 0.755. The molecule has 0 spiro atoms. The number of anilines is 1. The zero-order chi connectivity index (χ0) is 14.4. The Bertz CT molecular complexity index is 428. The number of rotatable bonds is 7. The molecule has 1 aliphatic heterocycles. The molecule has 5 heteroatoms. The summed E-state index contributed by atoms with van der Waals surface area (Å²) in [4.78, 5) is 2.32. The van der Waals surface area contributed by atoms with Crippen LogP contribution in [0.2, 0.25) is 5.02 Å². The molecule has 0 aromatic heterocycles. The van der Waals surface area contributed by atoms with Crippen molar-refractivity contribution in [1.29, 1.82) is 0 Å². The minimum Gasteiger partial charge on any atom is -0.396 e. The monoisotopic (exact) mass is 298 g/mol. The van der Waals surface area contributed by atoms with E-state index in [1.807, 2.05) is 12.1 Å². The Hall–Kier alpha value is -0.810. The van der Waals surface area contributed by atoms with Crippen molar-refractivity contribution in [2.75, 3.05) is 44.9 Å². The fourth-order valence-electron chi connectivity index (χ4n) is 2.58. The Balaban J connectivity index is 2.04. The molecule has 1 fully saturated rings. The Morgan fingerprint density at radius 3 is 3.05 bits per heavy atom. The van der Waals surface area contributed by atoms with Gasteiger partial charge in [0, 0.05) is 56.5 Å². The van der Waals surface area contributed by atoms with Gasteiger partial charge in [-0.15, -0.1) is 0 Å². The van der Waals surface area contributed by atoms with Crippen molar-refractivity contribution < 1.29 is 9.84 Å². The molecule has 1 aromatic rings. The Morgan fingerprint density at radius 1 is 1.50 bits per heavy atom. The Morgan fingerprint density at radius 2 is 2.35 bits per heavy atom. The number of hydrogen-bond acceptors (Lipinski definition) is 4. The summed E-state index contributed by atoms with van der Waals surface area (Å²) in [6.45, 7) is 4.49. The van der Waals surface area contributed by atoms with E-state index in [0.717, 1.165) is 37.6 Å². The van der Waals surface area contributed by atoms with E-state index >= 15 is 0 Å². The van der Waals surface area contributed by atoms with E-state index in [1.54, 1.807) is 7.11 Å². The lowest BCUT2D eigenvalue weighted by Crippen LogP contribution is -2.24. The van der Waals surface area contributed by atoms with Gasteiger partial charge in [0.1, 0.15) is 0 Å². The smallest absolute Gasteiger partial charge is 0.0587 e. The number of ether oxygens (including phenoxy) is 1. The largest absolute Gasteiger partial charge is 0.396 e. The van der Waals surface area contributed by atoms with Gasteiger partial charge in [0.25, 0.3) is 0 Å². The number of methoxy groups -OCH3 is 1. The van der Waals surface area contributed by atoms with Gasteiger partial charge in [-0.25, -0.2) is 0 Å². The summed E-state index contributed by atoms with van der Waals surface area (Å²) in [6.07, 6.45) is 1.04. The van der Waals surface area contributed by atoms with Crippen LogP contribution in [0.4, 0.5) is 5.69 Å². The molecule has 4 nitrogen and oxygen atoms in total. The summed E-state index contributed by atoms with van der Waals surface area (Å²) in [7, 11) is 1.70. The minimum atomic E-state index is 0.262. The highest BCUT2D eigenvalue weighted by molar-refractivity contribution is 6.30. The molecule has 1 unspecified atom stereocenters. The number of nitrogens with zero attached hydrogens (tertiary/aromatic N) is 1. The van der Waals surface area contributed by atoms with Gasteiger partial charge < -0.3 is 20.1 Å². The van der Waals surface area contributed by atoms with Crippen molar-refractivity contribution in [3.8, 4) is 0 Å². The van der Waals surface area contributed by atoms with Crippen molar-refractivity contribution in [2.45, 2.75) is 13.0 Å². The van der Waals surface area contributed by atoms with Crippen LogP contribution in [0.25, 0.3) is 0 Å². The predicted octanol–water partition coefficient (Wildman–Crippen LogP) is 1.89. The van der Waals surface area contributed by atoms with Gasteiger partial charge in [0.2, 0.25) is 0 Å². The van der Waals surface area contributed by atoms with Gasteiger partial charge in [0.15, 0.2) is 0 Å². The lowest BCUT2D eigenvalue weighted by Gasteiger charge is -2.22. The molecule has 1 atom stereocenters. The van der Waals surface area contributed by atoms with Crippen LogP contribution >= 0.6 is 11.6 Å². The molecule has 0 aliphatic carbocycles. The Kier molecular flexibility index (Phi) is 6.10. The first-order chi connectivity index (χ1) is 9.74. The first-order valence-electron chi connectivity index (χ1n) is 7.08. The molecule has 1 saturated heterocycles. The maximum atomic E-state index is 9.28. The van der Waals surface area contributed by atoms with Crippen LogP contribution in [0.15, 0.2) is 18.2 Å². The maximum Gasteiger partial charge on any atom is 0.0587 e. The van der Waals surface area contributed by atoms with E-state index in [-0.39, 0.29) is 6.61 Å². The number of aliphatic hydroxyl groups is 1. The van der Waals surface area contributed by atoms with Gasteiger partial charge in [-0.2, -0.15) is 0 Å². The summed E-state index contributed by atoms with van der Waals surface area (Å²) in [5, 5.41) is 13.4. The number of aliphatic hydroxyl groups excluding tert-OH is 1. The lowest BCUT2D eigenvalue weighted by atomic mass is 10.1. The second kappa shape index (κ2) is 7.84. The summed E-state index contributed by atoms with van der Waals surface area (Å²) < 4.78 is 5.04. The average Bonchev–Trinajstić information content (AvgIpc) is 2.93. The van der Waals surface area contributed by atoms with Crippen molar-refractivity contribution in [3.05, 3.63) is 28.8 Å². The zero-order valence-electron chi connectivity index (χ0n) is 11.9. The van der Waals surface area contributed by atoms with Gasteiger partial charge >= 0.3 is 0 Å². The second-order valence-corrected chi connectivity index (χ2v) is 5.66. The second-order valence-electron chi connectivity index (χ2n) is 5.23. The standard InChI is InChI=1S/C15H23ClN2O2/c1-20-7-5-17-9-13-2-3-14(16)8-15(13)18-6-4-12(10-18)11-19/h2-3,8,12,17,19H,4-7,9-11H2,1H3. The SMILES string of the molecule is COCCNCc1ccc(Cl)cc1N1CCC(CO)C1. The fourth-order valence-corrected chi connectivity index (χ4v) is 2.74. The van der Waals surface area contributed by atoms with Crippen molar-refractivity contribution in [3.63, 3.8) is 0 Å². The summed E-state index contributed by atoms with van der Waals surface area (Å²) in [5.74, 6) is 0.378. The highest BCUT2D eigenvalue weighted by Gasteiger charge is 2.23. The third-order valence-corrected chi connectivity index (χ3v) is 3.97. The molecule has 2 rings (SSSR count). The molecular formula is C15H23ClN2O2.